The molecule has 1 amide bonds. The van der Waals surface area contributed by atoms with E-state index in [0.29, 0.717) is 48.8 Å². The molecular formula is C22H25ClF4N4O2S. The van der Waals surface area contributed by atoms with E-state index in [1.165, 1.54) is 16.8 Å². The van der Waals surface area contributed by atoms with Crippen LogP contribution in [0.2, 0.25) is 5.02 Å². The van der Waals surface area contributed by atoms with E-state index in [0.717, 1.165) is 6.07 Å². The number of benzene rings is 1. The predicted molar refractivity (Wildman–Crippen MR) is 124 cm³/mol. The van der Waals surface area contributed by atoms with Crippen molar-refractivity contribution < 1.29 is 27.5 Å². The molecule has 0 radical (unpaired) electrons. The van der Waals surface area contributed by atoms with Crippen molar-refractivity contribution in [1.82, 2.24) is 9.78 Å². The number of thioether (sulfide) groups is 1. The first kappa shape index (κ1) is 25.1. The maximum Gasteiger partial charge on any atom is 0.397 e. The number of anilines is 2. The second-order valence-electron chi connectivity index (χ2n) is 9.28. The summed E-state index contributed by atoms with van der Waals surface area (Å²) >= 11 is 6.51. The molecule has 1 heterocycles. The predicted octanol–water partition coefficient (Wildman–Crippen LogP) is 4.98. The van der Waals surface area contributed by atoms with Crippen molar-refractivity contribution in [3.8, 4) is 0 Å². The second-order valence-corrected chi connectivity index (χ2v) is 10.7. The number of hydrogen-bond acceptors (Lipinski definition) is 5. The number of nitrogens with zero attached hydrogens (tertiary/aromatic N) is 2. The minimum atomic E-state index is -4.25. The molecule has 0 aliphatic heterocycles. The molecule has 2 aliphatic rings. The molecule has 3 unspecified atom stereocenters. The number of aryl methyl sites for hydroxylation is 1. The van der Waals surface area contributed by atoms with Crippen LogP contribution < -0.4 is 11.1 Å². The smallest absolute Gasteiger partial charge is 0.389 e. The van der Waals surface area contributed by atoms with Crippen molar-refractivity contribution in [3.05, 3.63) is 40.3 Å². The number of halogens is 5. The van der Waals surface area contributed by atoms with E-state index in [9.17, 15) is 27.5 Å². The van der Waals surface area contributed by atoms with E-state index in [1.807, 2.05) is 0 Å². The fourth-order valence-electron chi connectivity index (χ4n) is 5.31. The van der Waals surface area contributed by atoms with Crippen LogP contribution in [-0.4, -0.2) is 44.1 Å². The fourth-order valence-corrected chi connectivity index (χ4v) is 6.44. The first-order valence-electron chi connectivity index (χ1n) is 10.8. The van der Waals surface area contributed by atoms with E-state index in [4.69, 9.17) is 17.3 Å². The van der Waals surface area contributed by atoms with Crippen LogP contribution in [0.3, 0.4) is 0 Å². The summed E-state index contributed by atoms with van der Waals surface area (Å²) in [4.78, 5) is 13.1. The molecule has 6 nitrogen and oxygen atoms in total. The summed E-state index contributed by atoms with van der Waals surface area (Å²) < 4.78 is 52.2. The van der Waals surface area contributed by atoms with Crippen LogP contribution in [0.15, 0.2) is 18.2 Å². The van der Waals surface area contributed by atoms with Crippen molar-refractivity contribution in [3.63, 3.8) is 0 Å². The van der Waals surface area contributed by atoms with Gasteiger partial charge in [0.25, 0.3) is 5.91 Å². The molecule has 1 aromatic carbocycles. The largest absolute Gasteiger partial charge is 0.397 e. The zero-order valence-electron chi connectivity index (χ0n) is 18.3. The van der Waals surface area contributed by atoms with Crippen molar-refractivity contribution in [2.45, 2.75) is 43.4 Å². The van der Waals surface area contributed by atoms with Gasteiger partial charge in [-0.05, 0) is 55.7 Å². The molecule has 34 heavy (non-hydrogen) atoms. The first-order valence-corrected chi connectivity index (χ1v) is 12.3. The zero-order chi connectivity index (χ0) is 24.8. The number of alkyl halides is 3. The lowest BCUT2D eigenvalue weighted by Crippen LogP contribution is -2.30. The highest BCUT2D eigenvalue weighted by Gasteiger charge is 2.50. The highest BCUT2D eigenvalue weighted by Crippen LogP contribution is 2.55. The SMILES string of the molecule is Cn1nc(C2CC3CC(O)(CSCC(F)(F)F)C[C@H]3C2)c(C(=O)Nc2ccc(F)c(Cl)c2)c1N. The Balaban J connectivity index is 1.45. The van der Waals surface area contributed by atoms with Crippen molar-refractivity contribution in [2.75, 3.05) is 22.6 Å². The lowest BCUT2D eigenvalue weighted by Gasteiger charge is -2.24. The van der Waals surface area contributed by atoms with E-state index in [2.05, 4.69) is 10.4 Å². The quantitative estimate of drug-likeness (QED) is 0.467. The minimum Gasteiger partial charge on any atom is -0.389 e. The number of aliphatic hydroxyl groups is 1. The number of aromatic nitrogens is 2. The van der Waals surface area contributed by atoms with Gasteiger partial charge in [-0.15, -0.1) is 11.8 Å². The Kier molecular flexibility index (Phi) is 6.82. The third-order valence-electron chi connectivity index (χ3n) is 6.67. The normalized spacial score (nSPS) is 26.6. The summed E-state index contributed by atoms with van der Waals surface area (Å²) in [7, 11) is 1.64. The van der Waals surface area contributed by atoms with Crippen molar-refractivity contribution in [2.24, 2.45) is 18.9 Å². The highest BCUT2D eigenvalue weighted by atomic mass is 35.5. The van der Waals surface area contributed by atoms with Crippen LogP contribution in [0.4, 0.5) is 29.1 Å². The Labute approximate surface area is 203 Å². The topological polar surface area (TPSA) is 93.2 Å². The summed E-state index contributed by atoms with van der Waals surface area (Å²) in [6.45, 7) is 0. The molecule has 12 heteroatoms. The summed E-state index contributed by atoms with van der Waals surface area (Å²) in [6, 6.07) is 3.85. The van der Waals surface area contributed by atoms with Gasteiger partial charge < -0.3 is 16.2 Å². The summed E-state index contributed by atoms with van der Waals surface area (Å²) in [5, 5.41) is 17.9. The summed E-state index contributed by atoms with van der Waals surface area (Å²) in [6.07, 6.45) is -2.07. The maximum absolute atomic E-state index is 13.4. The molecule has 0 saturated heterocycles. The summed E-state index contributed by atoms with van der Waals surface area (Å²) in [5.41, 5.74) is 6.14. The van der Waals surface area contributed by atoms with Crippen LogP contribution in [0.5, 0.6) is 0 Å². The van der Waals surface area contributed by atoms with Crippen LogP contribution in [0.1, 0.15) is 47.7 Å². The molecule has 0 spiro atoms. The Morgan fingerprint density at radius 2 is 2.00 bits per heavy atom. The zero-order valence-corrected chi connectivity index (χ0v) is 19.9. The molecule has 4 atom stereocenters. The van der Waals surface area contributed by atoms with Gasteiger partial charge in [0, 0.05) is 24.4 Å². The van der Waals surface area contributed by atoms with Crippen LogP contribution >= 0.6 is 23.4 Å². The van der Waals surface area contributed by atoms with Crippen molar-refractivity contribution in [1.29, 1.82) is 0 Å². The number of nitrogens with one attached hydrogen (secondary N) is 1. The molecule has 4 rings (SSSR count). The van der Waals surface area contributed by atoms with Gasteiger partial charge in [0.15, 0.2) is 0 Å². The van der Waals surface area contributed by atoms with Gasteiger partial charge in [-0.1, -0.05) is 11.6 Å². The number of nitrogens with two attached hydrogens (primary N) is 1. The Morgan fingerprint density at radius 1 is 1.35 bits per heavy atom. The van der Waals surface area contributed by atoms with Gasteiger partial charge in [-0.2, -0.15) is 18.3 Å². The van der Waals surface area contributed by atoms with E-state index < -0.39 is 29.3 Å². The number of carbonyl (C=O) groups is 1. The lowest BCUT2D eigenvalue weighted by molar-refractivity contribution is -0.105. The van der Waals surface area contributed by atoms with E-state index in [-0.39, 0.29) is 39.9 Å². The molecule has 4 N–H and O–H groups in total. The molecule has 2 fully saturated rings. The molecule has 2 aliphatic carbocycles. The Morgan fingerprint density at radius 3 is 2.59 bits per heavy atom. The fraction of sp³-hybridized carbons (Fsp3) is 0.545. The molecular weight excluding hydrogens is 496 g/mol. The monoisotopic (exact) mass is 520 g/mol. The van der Waals surface area contributed by atoms with Gasteiger partial charge in [0.2, 0.25) is 0 Å². The third-order valence-corrected chi connectivity index (χ3v) is 8.23. The highest BCUT2D eigenvalue weighted by molar-refractivity contribution is 7.99. The average Bonchev–Trinajstić information content (AvgIpc) is 3.33. The Bertz CT molecular complexity index is 1080. The second kappa shape index (κ2) is 9.23. The molecule has 1 aromatic heterocycles. The van der Waals surface area contributed by atoms with Gasteiger partial charge in [0.05, 0.1) is 22.1 Å². The number of rotatable bonds is 6. The molecule has 2 aromatic rings. The number of fused-ring (bicyclic) bond motifs is 1. The molecule has 0 bridgehead atoms. The van der Waals surface area contributed by atoms with E-state index >= 15 is 0 Å². The minimum absolute atomic E-state index is 0.0502. The van der Waals surface area contributed by atoms with Gasteiger partial charge in [0.1, 0.15) is 17.2 Å². The number of hydrogen-bond donors (Lipinski definition) is 3. The van der Waals surface area contributed by atoms with Gasteiger partial charge >= 0.3 is 6.18 Å². The maximum atomic E-state index is 13.4. The van der Waals surface area contributed by atoms with E-state index in [1.54, 1.807) is 7.05 Å². The number of carbonyl (C=O) groups excluding carboxylic acids is 1. The lowest BCUT2D eigenvalue weighted by atomic mass is 9.92. The van der Waals surface area contributed by atoms with Crippen LogP contribution in [0.25, 0.3) is 0 Å². The van der Waals surface area contributed by atoms with Gasteiger partial charge in [-0.25, -0.2) is 4.39 Å². The number of amides is 1. The van der Waals surface area contributed by atoms with Crippen LogP contribution in [0, 0.1) is 17.7 Å². The molecule has 186 valence electrons. The third kappa shape index (κ3) is 5.31. The summed E-state index contributed by atoms with van der Waals surface area (Å²) in [5.74, 6) is -1.61. The molecule has 2 saturated carbocycles. The van der Waals surface area contributed by atoms with Crippen LogP contribution in [-0.2, 0) is 7.05 Å². The van der Waals surface area contributed by atoms with Gasteiger partial charge in [-0.3, -0.25) is 9.48 Å². The first-order chi connectivity index (χ1) is 15.8. The average molecular weight is 521 g/mol. The standard InChI is InChI=1S/C22H25ClF4N4O2S/c1-31-19(28)17(20(32)29-14-2-3-16(24)15(23)6-14)18(30-31)11-4-12-7-21(33,8-13(12)5-11)9-34-10-22(25,26)27/h2-3,6,11-13,33H,4-5,7-10,28H2,1H3,(H,29,32)/t11?,12-,13?,21?/m1/s1. The number of nitrogen functional groups attached to an aromatic ring is 1. The van der Waals surface area contributed by atoms with Crippen molar-refractivity contribution >= 4 is 40.8 Å². The Hall–Kier alpha value is -1.98.